The second kappa shape index (κ2) is 13.8. The van der Waals surface area contributed by atoms with E-state index < -0.39 is 0 Å². The van der Waals surface area contributed by atoms with Gasteiger partial charge in [-0.15, -0.1) is 0 Å². The van der Waals surface area contributed by atoms with Crippen LogP contribution in [0.3, 0.4) is 0 Å². The highest BCUT2D eigenvalue weighted by Gasteiger charge is 2.20. The minimum Gasteiger partial charge on any atom is -0.455 e. The number of benzene rings is 8. The van der Waals surface area contributed by atoms with Crippen LogP contribution in [0.5, 0.6) is 0 Å². The van der Waals surface area contributed by atoms with E-state index in [0.29, 0.717) is 17.5 Å². The van der Waals surface area contributed by atoms with Gasteiger partial charge in [0, 0.05) is 27.5 Å². The maximum absolute atomic E-state index is 6.97. The number of aromatic nitrogens is 3. The number of furan rings is 1. The predicted molar refractivity (Wildman–Crippen MR) is 225 cm³/mol. The molecule has 8 aromatic carbocycles. The molecule has 0 saturated heterocycles. The highest BCUT2D eigenvalue weighted by molar-refractivity contribution is 6.13. The van der Waals surface area contributed by atoms with Gasteiger partial charge in [0.15, 0.2) is 17.5 Å². The number of fused-ring (bicyclic) bond motifs is 3. The quantitative estimate of drug-likeness (QED) is 0.166. The molecule has 0 spiro atoms. The summed E-state index contributed by atoms with van der Waals surface area (Å²) in [7, 11) is 0. The summed E-state index contributed by atoms with van der Waals surface area (Å²) in [6.07, 6.45) is 0. The normalized spacial score (nSPS) is 11.3. The van der Waals surface area contributed by atoms with E-state index >= 15 is 0 Å². The number of rotatable bonds is 7. The van der Waals surface area contributed by atoms with E-state index in [0.717, 1.165) is 83.1 Å². The van der Waals surface area contributed by atoms with Crippen molar-refractivity contribution in [3.05, 3.63) is 200 Å². The first-order chi connectivity index (χ1) is 27.2. The van der Waals surface area contributed by atoms with Crippen LogP contribution in [-0.4, -0.2) is 15.0 Å². The van der Waals surface area contributed by atoms with Gasteiger partial charge in [-0.05, 0) is 63.2 Å². The summed E-state index contributed by atoms with van der Waals surface area (Å²) in [4.78, 5) is 15.2. The summed E-state index contributed by atoms with van der Waals surface area (Å²) in [6.45, 7) is 0. The molecule has 4 nitrogen and oxygen atoms in total. The SMILES string of the molecule is c1ccc(-c2ccc(-c3nc(-c4ccccc4)nc(-c4cccc5c4oc4c(-c6cc(-c7ccccc7)cc(-c7ccccc7)c6)cccc45)n3)cc2)cc1. The van der Waals surface area contributed by atoms with Gasteiger partial charge in [-0.3, -0.25) is 0 Å². The fourth-order valence-corrected chi connectivity index (χ4v) is 7.39. The van der Waals surface area contributed by atoms with Crippen molar-refractivity contribution < 1.29 is 4.42 Å². The zero-order chi connectivity index (χ0) is 36.6. The number of hydrogen-bond donors (Lipinski definition) is 0. The van der Waals surface area contributed by atoms with Crippen molar-refractivity contribution in [2.45, 2.75) is 0 Å². The van der Waals surface area contributed by atoms with Crippen LogP contribution in [-0.2, 0) is 0 Å². The zero-order valence-electron chi connectivity index (χ0n) is 29.8. The Morgan fingerprint density at radius 3 is 1.15 bits per heavy atom. The van der Waals surface area contributed by atoms with Crippen LogP contribution in [0.15, 0.2) is 205 Å². The number of nitrogens with zero attached hydrogens (tertiary/aromatic N) is 3. The molecule has 0 radical (unpaired) electrons. The van der Waals surface area contributed by atoms with E-state index in [1.165, 1.54) is 0 Å². The lowest BCUT2D eigenvalue weighted by atomic mass is 9.92. The fraction of sp³-hybridized carbons (Fsp3) is 0. The minimum atomic E-state index is 0.555. The molecule has 0 atom stereocenters. The third kappa shape index (κ3) is 6.16. The summed E-state index contributed by atoms with van der Waals surface area (Å²) < 4.78 is 6.97. The Kier molecular flexibility index (Phi) is 8.12. The maximum atomic E-state index is 6.97. The van der Waals surface area contributed by atoms with Crippen LogP contribution in [0.1, 0.15) is 0 Å². The summed E-state index contributed by atoms with van der Waals surface area (Å²) in [5, 5.41) is 2.04. The van der Waals surface area contributed by atoms with Gasteiger partial charge >= 0.3 is 0 Å². The monoisotopic (exact) mass is 703 g/mol. The van der Waals surface area contributed by atoms with Gasteiger partial charge in [0.2, 0.25) is 0 Å². The Balaban J connectivity index is 1.14. The van der Waals surface area contributed by atoms with Crippen molar-refractivity contribution in [2.24, 2.45) is 0 Å². The molecular weight excluding hydrogens is 671 g/mol. The Morgan fingerprint density at radius 1 is 0.255 bits per heavy atom. The lowest BCUT2D eigenvalue weighted by Crippen LogP contribution is -2.00. The van der Waals surface area contributed by atoms with E-state index in [4.69, 9.17) is 19.4 Å². The molecule has 0 fully saturated rings. The van der Waals surface area contributed by atoms with Gasteiger partial charge in [-0.1, -0.05) is 176 Å². The van der Waals surface area contributed by atoms with E-state index in [1.54, 1.807) is 0 Å². The molecule has 258 valence electrons. The van der Waals surface area contributed by atoms with Crippen molar-refractivity contribution in [1.29, 1.82) is 0 Å². The van der Waals surface area contributed by atoms with Crippen LogP contribution in [0, 0.1) is 0 Å². The Morgan fingerprint density at radius 2 is 0.618 bits per heavy atom. The third-order valence-corrected chi connectivity index (χ3v) is 10.1. The van der Waals surface area contributed by atoms with Crippen LogP contribution in [0.25, 0.3) is 101 Å². The summed E-state index contributed by atoms with van der Waals surface area (Å²) in [5.41, 5.74) is 13.2. The van der Waals surface area contributed by atoms with Crippen LogP contribution < -0.4 is 0 Å². The third-order valence-electron chi connectivity index (χ3n) is 10.1. The highest BCUT2D eigenvalue weighted by atomic mass is 16.3. The zero-order valence-corrected chi connectivity index (χ0v) is 29.8. The van der Waals surface area contributed by atoms with Gasteiger partial charge in [-0.2, -0.15) is 0 Å². The van der Waals surface area contributed by atoms with Gasteiger partial charge < -0.3 is 4.42 Å². The molecule has 0 aliphatic carbocycles. The molecule has 0 bridgehead atoms. The van der Waals surface area contributed by atoms with Crippen LogP contribution >= 0.6 is 0 Å². The standard InChI is InChI=1S/C51H33N3O/c1-5-15-34(16-6-1)37-27-29-39(30-28-37)50-52-49(38-21-11-4-12-22-38)53-51(54-50)46-26-14-25-45-44-24-13-23-43(47(44)55-48(45)46)42-32-40(35-17-7-2-8-18-35)31-41(33-42)36-19-9-3-10-20-36/h1-33H. The van der Waals surface area contributed by atoms with Crippen molar-refractivity contribution in [2.75, 3.05) is 0 Å². The van der Waals surface area contributed by atoms with E-state index in [2.05, 4.69) is 158 Å². The lowest BCUT2D eigenvalue weighted by Gasteiger charge is -2.11. The second-order valence-corrected chi connectivity index (χ2v) is 13.6. The largest absolute Gasteiger partial charge is 0.455 e. The molecule has 2 aromatic heterocycles. The van der Waals surface area contributed by atoms with E-state index in [9.17, 15) is 0 Å². The Bertz CT molecular complexity index is 2880. The predicted octanol–water partition coefficient (Wildman–Crippen LogP) is 13.4. The maximum Gasteiger partial charge on any atom is 0.167 e. The topological polar surface area (TPSA) is 51.8 Å². The molecule has 0 aliphatic heterocycles. The lowest BCUT2D eigenvalue weighted by molar-refractivity contribution is 0.670. The first-order valence-electron chi connectivity index (χ1n) is 18.4. The first-order valence-corrected chi connectivity index (χ1v) is 18.4. The molecule has 10 aromatic rings. The minimum absolute atomic E-state index is 0.555. The van der Waals surface area contributed by atoms with E-state index in [1.807, 2.05) is 42.5 Å². The van der Waals surface area contributed by atoms with Gasteiger partial charge in [-0.25, -0.2) is 15.0 Å². The van der Waals surface area contributed by atoms with Crippen molar-refractivity contribution in [1.82, 2.24) is 15.0 Å². The van der Waals surface area contributed by atoms with Crippen molar-refractivity contribution >= 4 is 21.9 Å². The molecule has 10 rings (SSSR count). The summed E-state index contributed by atoms with van der Waals surface area (Å²) in [5.74, 6) is 1.76. The van der Waals surface area contributed by atoms with E-state index in [-0.39, 0.29) is 0 Å². The van der Waals surface area contributed by atoms with Gasteiger partial charge in [0.1, 0.15) is 11.2 Å². The molecule has 0 saturated carbocycles. The molecule has 0 amide bonds. The summed E-state index contributed by atoms with van der Waals surface area (Å²) >= 11 is 0. The Hall–Kier alpha value is -7.43. The molecule has 55 heavy (non-hydrogen) atoms. The van der Waals surface area contributed by atoms with Gasteiger partial charge in [0.05, 0.1) is 5.56 Å². The first kappa shape index (κ1) is 32.2. The average Bonchev–Trinajstić information content (AvgIpc) is 3.67. The summed E-state index contributed by atoms with van der Waals surface area (Å²) in [6, 6.07) is 69.3. The molecule has 0 aliphatic rings. The molecular formula is C51H33N3O. The van der Waals surface area contributed by atoms with Crippen molar-refractivity contribution in [3.8, 4) is 78.7 Å². The smallest absolute Gasteiger partial charge is 0.167 e. The van der Waals surface area contributed by atoms with Crippen LogP contribution in [0.4, 0.5) is 0 Å². The molecule has 2 heterocycles. The van der Waals surface area contributed by atoms with Gasteiger partial charge in [0.25, 0.3) is 0 Å². The average molecular weight is 704 g/mol. The van der Waals surface area contributed by atoms with Crippen LogP contribution in [0.2, 0.25) is 0 Å². The number of hydrogen-bond acceptors (Lipinski definition) is 4. The highest BCUT2D eigenvalue weighted by Crippen LogP contribution is 2.41. The van der Waals surface area contributed by atoms with Crippen molar-refractivity contribution in [3.63, 3.8) is 0 Å². The molecule has 0 N–H and O–H groups in total. The Labute approximate surface area is 319 Å². The number of para-hydroxylation sites is 2. The second-order valence-electron chi connectivity index (χ2n) is 13.6. The fourth-order valence-electron chi connectivity index (χ4n) is 7.39. The molecule has 0 unspecified atom stereocenters. The molecule has 4 heteroatoms.